The maximum Gasteiger partial charge on any atom is 0.251 e. The first-order valence-corrected chi connectivity index (χ1v) is 10.2. The number of carbonyl (C=O) groups excluding carboxylic acids is 1. The summed E-state index contributed by atoms with van der Waals surface area (Å²) in [6.45, 7) is 4.43. The molecular formula is C24H24N6O2. The number of nitriles is 1. The van der Waals surface area contributed by atoms with Gasteiger partial charge >= 0.3 is 0 Å². The summed E-state index contributed by atoms with van der Waals surface area (Å²) in [6, 6.07) is 13.2. The number of aromatic nitrogens is 2. The van der Waals surface area contributed by atoms with Gasteiger partial charge in [-0.3, -0.25) is 4.79 Å². The van der Waals surface area contributed by atoms with Gasteiger partial charge in [-0.2, -0.15) is 5.26 Å². The van der Waals surface area contributed by atoms with Crippen LogP contribution in [0.1, 0.15) is 34.0 Å². The summed E-state index contributed by atoms with van der Waals surface area (Å²) in [5.41, 5.74) is 5.33. The topological polar surface area (TPSA) is 123 Å². The fourth-order valence-electron chi connectivity index (χ4n) is 3.81. The summed E-state index contributed by atoms with van der Waals surface area (Å²) >= 11 is 0. The minimum absolute atomic E-state index is 0.0289. The van der Waals surface area contributed by atoms with Gasteiger partial charge in [-0.05, 0) is 48.4 Å². The molecule has 0 saturated carbocycles. The highest BCUT2D eigenvalue weighted by molar-refractivity contribution is 5.95. The third kappa shape index (κ3) is 3.74. The van der Waals surface area contributed by atoms with Crippen molar-refractivity contribution in [1.29, 1.82) is 5.26 Å². The number of fused-ring (bicyclic) bond motifs is 1. The molecule has 8 heteroatoms. The van der Waals surface area contributed by atoms with E-state index in [-0.39, 0.29) is 12.5 Å². The second kappa shape index (κ2) is 8.29. The van der Waals surface area contributed by atoms with Gasteiger partial charge in [-0.15, -0.1) is 0 Å². The molecule has 3 aromatic rings. The average Bonchev–Trinajstić information content (AvgIpc) is 3.16. The Balaban J connectivity index is 1.72. The van der Waals surface area contributed by atoms with Crippen LogP contribution in [-0.2, 0) is 5.41 Å². The molecule has 4 N–H and O–H groups in total. The van der Waals surface area contributed by atoms with E-state index in [1.165, 1.54) is 0 Å². The SMILES string of the molecule is CNC(=O)c1ccc(C)c(Nc2nccc(-c3cc(C#N)c4c(c3)[C@@](C)(CO)CN4)n2)c1. The first-order valence-electron chi connectivity index (χ1n) is 10.2. The molecule has 0 spiro atoms. The van der Waals surface area contributed by atoms with Crippen LogP contribution in [0.2, 0.25) is 0 Å². The van der Waals surface area contributed by atoms with Crippen molar-refractivity contribution in [3.8, 4) is 17.3 Å². The highest BCUT2D eigenvalue weighted by Gasteiger charge is 2.35. The van der Waals surface area contributed by atoms with Crippen LogP contribution in [-0.4, -0.2) is 41.2 Å². The fourth-order valence-corrected chi connectivity index (χ4v) is 3.81. The largest absolute Gasteiger partial charge is 0.395 e. The lowest BCUT2D eigenvalue weighted by molar-refractivity contribution is 0.0963. The van der Waals surface area contributed by atoms with Crippen molar-refractivity contribution in [3.63, 3.8) is 0 Å². The second-order valence-corrected chi connectivity index (χ2v) is 8.13. The Morgan fingerprint density at radius 2 is 2.12 bits per heavy atom. The second-order valence-electron chi connectivity index (χ2n) is 8.13. The lowest BCUT2D eigenvalue weighted by atomic mass is 9.83. The molecule has 0 aliphatic carbocycles. The minimum atomic E-state index is -0.470. The summed E-state index contributed by atoms with van der Waals surface area (Å²) in [4.78, 5) is 20.9. The number of aliphatic hydroxyl groups is 1. The molecule has 0 unspecified atom stereocenters. The minimum Gasteiger partial charge on any atom is -0.395 e. The Morgan fingerprint density at radius 3 is 2.84 bits per heavy atom. The zero-order chi connectivity index (χ0) is 22.9. The van der Waals surface area contributed by atoms with Crippen molar-refractivity contribution < 1.29 is 9.90 Å². The van der Waals surface area contributed by atoms with Crippen molar-refractivity contribution in [1.82, 2.24) is 15.3 Å². The molecule has 0 saturated heterocycles. The van der Waals surface area contributed by atoms with Crippen molar-refractivity contribution in [3.05, 3.63) is 64.8 Å². The zero-order valence-electron chi connectivity index (χ0n) is 18.2. The number of aryl methyl sites for hydroxylation is 1. The van der Waals surface area contributed by atoms with Crippen LogP contribution in [0.4, 0.5) is 17.3 Å². The van der Waals surface area contributed by atoms with Crippen LogP contribution in [0.15, 0.2) is 42.6 Å². The van der Waals surface area contributed by atoms with Gasteiger partial charge in [-0.1, -0.05) is 13.0 Å². The summed E-state index contributed by atoms with van der Waals surface area (Å²) in [7, 11) is 1.59. The third-order valence-electron chi connectivity index (χ3n) is 5.84. The van der Waals surface area contributed by atoms with Crippen LogP contribution in [0.3, 0.4) is 0 Å². The molecule has 0 bridgehead atoms. The lowest BCUT2D eigenvalue weighted by Crippen LogP contribution is -2.28. The van der Waals surface area contributed by atoms with Gasteiger partial charge in [0.05, 0.1) is 23.6 Å². The molecule has 1 atom stereocenters. The molecule has 1 aliphatic heterocycles. The Labute approximate surface area is 186 Å². The zero-order valence-corrected chi connectivity index (χ0v) is 18.2. The van der Waals surface area contributed by atoms with Crippen molar-refractivity contribution >= 4 is 23.2 Å². The highest BCUT2D eigenvalue weighted by atomic mass is 16.3. The van der Waals surface area contributed by atoms with E-state index in [9.17, 15) is 15.2 Å². The van der Waals surface area contributed by atoms with E-state index in [1.807, 2.05) is 26.0 Å². The van der Waals surface area contributed by atoms with Crippen molar-refractivity contribution in [2.24, 2.45) is 0 Å². The molecular weight excluding hydrogens is 404 g/mol. The summed E-state index contributed by atoms with van der Waals surface area (Å²) in [5.74, 6) is 0.201. The van der Waals surface area contributed by atoms with E-state index in [4.69, 9.17) is 0 Å². The molecule has 2 heterocycles. The van der Waals surface area contributed by atoms with Gasteiger partial charge in [0.25, 0.3) is 5.91 Å². The third-order valence-corrected chi connectivity index (χ3v) is 5.84. The van der Waals surface area contributed by atoms with E-state index in [0.717, 1.165) is 28.1 Å². The number of amides is 1. The van der Waals surface area contributed by atoms with Crippen LogP contribution in [0.5, 0.6) is 0 Å². The lowest BCUT2D eigenvalue weighted by Gasteiger charge is -2.21. The normalized spacial score (nSPS) is 16.6. The number of rotatable bonds is 5. The fraction of sp³-hybridized carbons (Fsp3) is 0.250. The molecule has 32 heavy (non-hydrogen) atoms. The monoisotopic (exact) mass is 428 g/mol. The van der Waals surface area contributed by atoms with E-state index in [2.05, 4.69) is 32.0 Å². The summed E-state index contributed by atoms with van der Waals surface area (Å²) < 4.78 is 0. The molecule has 1 aliphatic rings. The molecule has 2 aromatic carbocycles. The number of benzene rings is 2. The van der Waals surface area contributed by atoms with Gasteiger partial charge in [0, 0.05) is 42.0 Å². The van der Waals surface area contributed by atoms with Gasteiger partial charge in [0.1, 0.15) is 6.07 Å². The van der Waals surface area contributed by atoms with Crippen LogP contribution >= 0.6 is 0 Å². The summed E-state index contributed by atoms with van der Waals surface area (Å²) in [5, 5.41) is 28.6. The molecule has 1 aromatic heterocycles. The predicted octanol–water partition coefficient (Wildman–Crippen LogP) is 3.10. The summed E-state index contributed by atoms with van der Waals surface area (Å²) in [6.07, 6.45) is 1.64. The van der Waals surface area contributed by atoms with E-state index in [0.29, 0.717) is 29.3 Å². The van der Waals surface area contributed by atoms with Crippen LogP contribution in [0, 0.1) is 18.3 Å². The first-order chi connectivity index (χ1) is 15.4. The number of carbonyl (C=O) groups is 1. The van der Waals surface area contributed by atoms with Gasteiger partial charge in [0.2, 0.25) is 5.95 Å². The Bertz CT molecular complexity index is 1250. The number of aliphatic hydroxyl groups excluding tert-OH is 1. The van der Waals surface area contributed by atoms with Gasteiger partial charge in [0.15, 0.2) is 0 Å². The van der Waals surface area contributed by atoms with Gasteiger partial charge < -0.3 is 21.1 Å². The Morgan fingerprint density at radius 1 is 1.31 bits per heavy atom. The van der Waals surface area contributed by atoms with Crippen LogP contribution in [0.25, 0.3) is 11.3 Å². The van der Waals surface area contributed by atoms with E-state index in [1.54, 1.807) is 37.5 Å². The highest BCUT2D eigenvalue weighted by Crippen LogP contribution is 2.41. The number of nitrogens with one attached hydrogen (secondary N) is 3. The van der Waals surface area contributed by atoms with E-state index >= 15 is 0 Å². The standard InChI is InChI=1S/C24H24N6O2/c1-14-4-5-15(22(32)26-3)10-20(14)30-23-27-7-6-19(29-23)16-8-17(11-25)21-18(9-16)24(2,13-31)12-28-21/h4-10,28,31H,12-13H2,1-3H3,(H,26,32)(H,27,29,30)/t24-/m1/s1. The number of anilines is 3. The molecule has 8 nitrogen and oxygen atoms in total. The number of hydrogen-bond acceptors (Lipinski definition) is 7. The smallest absolute Gasteiger partial charge is 0.251 e. The molecule has 162 valence electrons. The van der Waals surface area contributed by atoms with Crippen LogP contribution < -0.4 is 16.0 Å². The average molecular weight is 428 g/mol. The van der Waals surface area contributed by atoms with Crippen molar-refractivity contribution in [2.75, 3.05) is 30.8 Å². The maximum absolute atomic E-state index is 12.0. The van der Waals surface area contributed by atoms with E-state index < -0.39 is 5.41 Å². The Kier molecular flexibility index (Phi) is 5.51. The number of nitrogens with zero attached hydrogens (tertiary/aromatic N) is 3. The molecule has 1 amide bonds. The molecule has 0 fully saturated rings. The molecule has 4 rings (SSSR count). The van der Waals surface area contributed by atoms with Gasteiger partial charge in [-0.25, -0.2) is 9.97 Å². The number of hydrogen-bond donors (Lipinski definition) is 4. The Hall–Kier alpha value is -3.96. The maximum atomic E-state index is 12.0. The molecule has 0 radical (unpaired) electrons. The first kappa shape index (κ1) is 21.3. The van der Waals surface area contributed by atoms with Crippen molar-refractivity contribution in [2.45, 2.75) is 19.3 Å². The predicted molar refractivity (Wildman–Crippen MR) is 123 cm³/mol. The quantitative estimate of drug-likeness (QED) is 0.492.